The van der Waals surface area contributed by atoms with E-state index >= 15 is 0 Å². The number of ether oxygens (including phenoxy) is 1. The van der Waals surface area contributed by atoms with Gasteiger partial charge in [0, 0.05) is 5.56 Å². The number of rotatable bonds is 4. The summed E-state index contributed by atoms with van der Waals surface area (Å²) in [5.41, 5.74) is 2.43. The quantitative estimate of drug-likeness (QED) is 0.664. The monoisotopic (exact) mass is 416 g/mol. The van der Waals surface area contributed by atoms with E-state index in [4.69, 9.17) is 9.84 Å². The topological polar surface area (TPSA) is 95.9 Å². The second-order valence-electron chi connectivity index (χ2n) is 6.09. The van der Waals surface area contributed by atoms with Crippen LogP contribution in [0.2, 0.25) is 0 Å². The highest BCUT2D eigenvalue weighted by Gasteiger charge is 2.33. The van der Waals surface area contributed by atoms with Crippen molar-refractivity contribution >= 4 is 38.8 Å². The molecule has 0 saturated carbocycles. The van der Waals surface area contributed by atoms with Crippen LogP contribution in [0, 0.1) is 0 Å². The molecular weight excluding hydrogens is 400 g/mol. The zero-order chi connectivity index (χ0) is 19.9. The number of nitrogens with zero attached hydrogens (tertiary/aromatic N) is 1. The van der Waals surface area contributed by atoms with Crippen LogP contribution in [0.3, 0.4) is 0 Å². The molecule has 0 unspecified atom stereocenters. The first-order valence-corrected chi connectivity index (χ1v) is 10.6. The van der Waals surface area contributed by atoms with Crippen LogP contribution in [0.1, 0.15) is 5.56 Å². The number of fused-ring (bicyclic) bond motifs is 3. The normalized spacial score (nSPS) is 12.8. The Balaban J connectivity index is 1.81. The number of amides is 1. The van der Waals surface area contributed by atoms with Gasteiger partial charge in [-0.15, -0.1) is 11.3 Å². The SMILES string of the molecule is COc1ccc(S(=O)(=O)N2Cc3cccc(NC(=O)O)c3-c3sccc32)cc1. The van der Waals surface area contributed by atoms with E-state index in [9.17, 15) is 13.2 Å². The van der Waals surface area contributed by atoms with Gasteiger partial charge in [-0.05, 0) is 47.3 Å². The van der Waals surface area contributed by atoms with Crippen LogP contribution in [0.4, 0.5) is 16.2 Å². The van der Waals surface area contributed by atoms with Gasteiger partial charge in [0.2, 0.25) is 0 Å². The molecule has 7 nitrogen and oxygen atoms in total. The van der Waals surface area contributed by atoms with E-state index in [1.54, 1.807) is 35.7 Å². The first-order chi connectivity index (χ1) is 13.4. The summed E-state index contributed by atoms with van der Waals surface area (Å²) in [6, 6.07) is 13.2. The Morgan fingerprint density at radius 3 is 2.61 bits per heavy atom. The predicted molar refractivity (Wildman–Crippen MR) is 108 cm³/mol. The Kier molecular flexibility index (Phi) is 4.48. The number of thiophene rings is 1. The molecule has 1 aliphatic rings. The summed E-state index contributed by atoms with van der Waals surface area (Å²) in [5, 5.41) is 13.3. The van der Waals surface area contributed by atoms with E-state index in [2.05, 4.69) is 5.32 Å². The van der Waals surface area contributed by atoms with Crippen molar-refractivity contribution in [2.24, 2.45) is 0 Å². The number of carbonyl (C=O) groups is 1. The smallest absolute Gasteiger partial charge is 0.409 e. The van der Waals surface area contributed by atoms with Gasteiger partial charge in [-0.3, -0.25) is 9.62 Å². The molecule has 4 rings (SSSR count). The second-order valence-corrected chi connectivity index (χ2v) is 8.87. The standard InChI is InChI=1S/C19H16N2O5S2/c1-26-13-5-7-14(8-6-13)28(24,25)21-11-12-3-2-4-15(20-19(22)23)17(12)18-16(21)9-10-27-18/h2-10,20H,11H2,1H3,(H,22,23). The van der Waals surface area contributed by atoms with E-state index < -0.39 is 16.1 Å². The molecule has 1 amide bonds. The Labute approximate surface area is 165 Å². The maximum absolute atomic E-state index is 13.3. The highest BCUT2D eigenvalue weighted by atomic mass is 32.2. The van der Waals surface area contributed by atoms with Gasteiger partial charge in [-0.25, -0.2) is 13.2 Å². The zero-order valence-corrected chi connectivity index (χ0v) is 16.4. The molecule has 9 heteroatoms. The predicted octanol–water partition coefficient (Wildman–Crippen LogP) is 4.22. The summed E-state index contributed by atoms with van der Waals surface area (Å²) in [4.78, 5) is 12.0. The zero-order valence-electron chi connectivity index (χ0n) is 14.7. The summed E-state index contributed by atoms with van der Waals surface area (Å²) in [5.74, 6) is 0.573. The molecule has 2 N–H and O–H groups in total. The molecule has 0 atom stereocenters. The second kappa shape index (κ2) is 6.84. The number of methoxy groups -OCH3 is 1. The first-order valence-electron chi connectivity index (χ1n) is 8.28. The van der Waals surface area contributed by atoms with E-state index in [1.165, 1.54) is 34.9 Å². The third-order valence-electron chi connectivity index (χ3n) is 4.49. The summed E-state index contributed by atoms with van der Waals surface area (Å²) in [6.45, 7) is 0.114. The van der Waals surface area contributed by atoms with Gasteiger partial charge < -0.3 is 9.84 Å². The number of sulfonamides is 1. The molecule has 0 radical (unpaired) electrons. The van der Waals surface area contributed by atoms with Gasteiger partial charge in [0.05, 0.1) is 34.8 Å². The lowest BCUT2D eigenvalue weighted by Gasteiger charge is -2.31. The summed E-state index contributed by atoms with van der Waals surface area (Å²) in [6.07, 6.45) is -1.17. The molecule has 3 aromatic rings. The van der Waals surface area contributed by atoms with E-state index in [0.717, 1.165) is 11.1 Å². The van der Waals surface area contributed by atoms with Crippen LogP contribution in [-0.2, 0) is 16.6 Å². The molecule has 0 bridgehead atoms. The molecule has 1 aliphatic heterocycles. The third kappa shape index (κ3) is 2.98. The number of nitrogens with one attached hydrogen (secondary N) is 1. The number of hydrogen-bond donors (Lipinski definition) is 2. The fourth-order valence-corrected chi connectivity index (χ4v) is 5.74. The van der Waals surface area contributed by atoms with Crippen molar-refractivity contribution in [3.05, 3.63) is 59.5 Å². The van der Waals surface area contributed by atoms with Gasteiger partial charge in [-0.2, -0.15) is 0 Å². The van der Waals surface area contributed by atoms with Gasteiger partial charge in [-0.1, -0.05) is 12.1 Å². The number of anilines is 2. The maximum Gasteiger partial charge on any atom is 0.409 e. The van der Waals surface area contributed by atoms with Crippen molar-refractivity contribution < 1.29 is 23.1 Å². The highest BCUT2D eigenvalue weighted by molar-refractivity contribution is 7.92. The lowest BCUT2D eigenvalue weighted by atomic mass is 9.99. The Morgan fingerprint density at radius 1 is 1.18 bits per heavy atom. The first kappa shape index (κ1) is 18.3. The van der Waals surface area contributed by atoms with Crippen LogP contribution in [0.15, 0.2) is 58.8 Å². The van der Waals surface area contributed by atoms with Crippen LogP contribution < -0.4 is 14.4 Å². The van der Waals surface area contributed by atoms with Crippen molar-refractivity contribution in [1.82, 2.24) is 0 Å². The maximum atomic E-state index is 13.3. The molecule has 2 heterocycles. The van der Waals surface area contributed by atoms with Crippen LogP contribution in [0.5, 0.6) is 5.75 Å². The molecule has 0 spiro atoms. The molecule has 1 aromatic heterocycles. The van der Waals surface area contributed by atoms with Crippen molar-refractivity contribution in [2.75, 3.05) is 16.7 Å². The average Bonchev–Trinajstić information content (AvgIpc) is 3.16. The summed E-state index contributed by atoms with van der Waals surface area (Å²) in [7, 11) is -2.28. The van der Waals surface area contributed by atoms with E-state index in [-0.39, 0.29) is 11.4 Å². The number of hydrogen-bond acceptors (Lipinski definition) is 5. The Bertz CT molecular complexity index is 1150. The van der Waals surface area contributed by atoms with Crippen molar-refractivity contribution in [3.63, 3.8) is 0 Å². The molecule has 2 aromatic carbocycles. The Morgan fingerprint density at radius 2 is 1.93 bits per heavy atom. The van der Waals surface area contributed by atoms with Crippen molar-refractivity contribution in [2.45, 2.75) is 11.4 Å². The fourth-order valence-electron chi connectivity index (χ4n) is 3.23. The molecule has 28 heavy (non-hydrogen) atoms. The molecule has 0 aliphatic carbocycles. The van der Waals surface area contributed by atoms with Crippen molar-refractivity contribution in [1.29, 1.82) is 0 Å². The minimum atomic E-state index is -3.80. The highest BCUT2D eigenvalue weighted by Crippen LogP contribution is 2.48. The lowest BCUT2D eigenvalue weighted by Crippen LogP contribution is -2.32. The van der Waals surface area contributed by atoms with Gasteiger partial charge in [0.25, 0.3) is 10.0 Å². The summed E-state index contributed by atoms with van der Waals surface area (Å²) < 4.78 is 33.1. The number of benzene rings is 2. The van der Waals surface area contributed by atoms with Crippen LogP contribution in [0.25, 0.3) is 10.4 Å². The van der Waals surface area contributed by atoms with Gasteiger partial charge in [0.1, 0.15) is 5.75 Å². The molecular formula is C19H16N2O5S2. The largest absolute Gasteiger partial charge is 0.497 e. The average molecular weight is 416 g/mol. The third-order valence-corrected chi connectivity index (χ3v) is 7.19. The molecule has 0 fully saturated rings. The molecule has 0 saturated heterocycles. The number of carboxylic acid groups (broad SMARTS) is 1. The summed E-state index contributed by atoms with van der Waals surface area (Å²) >= 11 is 1.37. The van der Waals surface area contributed by atoms with Crippen molar-refractivity contribution in [3.8, 4) is 16.2 Å². The minimum Gasteiger partial charge on any atom is -0.497 e. The lowest BCUT2D eigenvalue weighted by molar-refractivity contribution is 0.210. The van der Waals surface area contributed by atoms with E-state index in [0.29, 0.717) is 22.0 Å². The Hall–Kier alpha value is -3.04. The van der Waals surface area contributed by atoms with Crippen LogP contribution in [-0.4, -0.2) is 26.7 Å². The fraction of sp³-hybridized carbons (Fsp3) is 0.105. The van der Waals surface area contributed by atoms with Crippen LogP contribution >= 0.6 is 11.3 Å². The van der Waals surface area contributed by atoms with Gasteiger partial charge in [0.15, 0.2) is 0 Å². The minimum absolute atomic E-state index is 0.114. The van der Waals surface area contributed by atoms with E-state index in [1.807, 2.05) is 6.07 Å². The molecule has 144 valence electrons. The van der Waals surface area contributed by atoms with Gasteiger partial charge >= 0.3 is 6.09 Å².